The Morgan fingerprint density at radius 3 is 2.88 bits per heavy atom. The van der Waals surface area contributed by atoms with Crippen molar-refractivity contribution < 1.29 is 19.5 Å². The number of carbonyl (C=O) groups excluding carboxylic acids is 2. The summed E-state index contributed by atoms with van der Waals surface area (Å²) < 4.78 is 0. The van der Waals surface area contributed by atoms with Gasteiger partial charge in [0.2, 0.25) is 5.91 Å². The van der Waals surface area contributed by atoms with Crippen molar-refractivity contribution in [3.05, 3.63) is 0 Å². The monoisotopic (exact) mass is 383 g/mol. The van der Waals surface area contributed by atoms with Gasteiger partial charge >= 0.3 is 12.0 Å². The summed E-state index contributed by atoms with van der Waals surface area (Å²) in [5, 5.41) is 18.8. The van der Waals surface area contributed by atoms with Crippen LogP contribution in [0.5, 0.6) is 0 Å². The van der Waals surface area contributed by atoms with Crippen LogP contribution in [0.4, 0.5) is 4.79 Å². The zero-order valence-electron chi connectivity index (χ0n) is 15.3. The maximum absolute atomic E-state index is 12.3. The molecule has 2 aliphatic heterocycles. The Bertz CT molecular complexity index is 573. The van der Waals surface area contributed by atoms with Gasteiger partial charge in [-0.25, -0.2) is 4.79 Å². The highest BCUT2D eigenvalue weighted by atomic mass is 32.2. The molecule has 4 N–H and O–H groups in total. The molecule has 0 aromatic heterocycles. The summed E-state index contributed by atoms with van der Waals surface area (Å²) in [6.07, 6.45) is 6.36. The van der Waals surface area contributed by atoms with Gasteiger partial charge in [-0.1, -0.05) is 19.3 Å². The van der Waals surface area contributed by atoms with Crippen LogP contribution >= 0.6 is 11.8 Å². The molecule has 7 nitrogen and oxygen atoms in total. The van der Waals surface area contributed by atoms with Crippen LogP contribution in [0.2, 0.25) is 0 Å². The lowest BCUT2D eigenvalue weighted by molar-refractivity contribution is -0.146. The van der Waals surface area contributed by atoms with Crippen LogP contribution in [0.25, 0.3) is 0 Å². The minimum absolute atomic E-state index is 0.0477. The summed E-state index contributed by atoms with van der Waals surface area (Å²) in [6, 6.07) is 0.372. The number of unbranched alkanes of at least 4 members (excludes halogenated alkanes) is 1. The maximum Gasteiger partial charge on any atom is 0.315 e. The molecule has 2 unspecified atom stereocenters. The zero-order valence-corrected chi connectivity index (χ0v) is 16.1. The molecule has 8 heteroatoms. The molecule has 0 bridgehead atoms. The third kappa shape index (κ3) is 4.27. The van der Waals surface area contributed by atoms with Gasteiger partial charge in [0.1, 0.15) is 0 Å². The fourth-order valence-electron chi connectivity index (χ4n) is 4.53. The zero-order chi connectivity index (χ0) is 18.7. The van der Waals surface area contributed by atoms with Gasteiger partial charge in [0.05, 0.1) is 23.5 Å². The molecular formula is C18H29N3O4S. The number of carboxylic acid groups (broad SMARTS) is 1. The fraction of sp³-hybridized carbons (Fsp3) is 0.833. The van der Waals surface area contributed by atoms with Gasteiger partial charge in [-0.2, -0.15) is 11.8 Å². The highest BCUT2D eigenvalue weighted by Gasteiger charge is 2.43. The molecule has 5 atom stereocenters. The summed E-state index contributed by atoms with van der Waals surface area (Å²) in [6.45, 7) is 1.87. The van der Waals surface area contributed by atoms with Gasteiger partial charge in [-0.15, -0.1) is 0 Å². The number of urea groups is 1. The molecule has 3 rings (SSSR count). The van der Waals surface area contributed by atoms with Crippen molar-refractivity contribution in [2.24, 2.45) is 5.92 Å². The molecule has 3 fully saturated rings. The number of carbonyl (C=O) groups is 3. The Labute approximate surface area is 158 Å². The second kappa shape index (κ2) is 8.06. The third-order valence-corrected chi connectivity index (χ3v) is 7.52. The summed E-state index contributed by atoms with van der Waals surface area (Å²) in [5.74, 6) is -0.407. The Hall–Kier alpha value is -1.44. The molecule has 3 aliphatic rings. The number of thioether (sulfide) groups is 1. The lowest BCUT2D eigenvalue weighted by atomic mass is 9.74. The van der Waals surface area contributed by atoms with Crippen molar-refractivity contribution in [3.8, 4) is 0 Å². The predicted molar refractivity (Wildman–Crippen MR) is 100 cm³/mol. The van der Waals surface area contributed by atoms with Crippen molar-refractivity contribution in [1.82, 2.24) is 16.0 Å². The molecule has 1 saturated carbocycles. The first-order valence-electron chi connectivity index (χ1n) is 9.61. The minimum atomic E-state index is -0.812. The number of hydrogen-bond donors (Lipinski definition) is 4. The number of nitrogens with one attached hydrogen (secondary N) is 3. The summed E-state index contributed by atoms with van der Waals surface area (Å²) in [7, 11) is 0. The maximum atomic E-state index is 12.3. The summed E-state index contributed by atoms with van der Waals surface area (Å²) in [5.41, 5.74) is -0.629. The number of aliphatic carboxylic acids is 1. The van der Waals surface area contributed by atoms with Gasteiger partial charge < -0.3 is 21.1 Å². The second-order valence-corrected chi connectivity index (χ2v) is 9.24. The minimum Gasteiger partial charge on any atom is -0.481 e. The molecule has 26 heavy (non-hydrogen) atoms. The lowest BCUT2D eigenvalue weighted by Crippen LogP contribution is -2.55. The first-order chi connectivity index (χ1) is 12.4. The van der Waals surface area contributed by atoms with Crippen molar-refractivity contribution in [3.63, 3.8) is 0 Å². The average Bonchev–Trinajstić information content (AvgIpc) is 3.10. The molecule has 2 saturated heterocycles. The van der Waals surface area contributed by atoms with E-state index >= 15 is 0 Å². The SMILES string of the molecule is CC1(NC(=O)CCCC[C@@H]2SC[C@@H]3NC(=O)N[C@@H]32)CCCCC1C(=O)O. The molecule has 0 aromatic rings. The Kier molecular flexibility index (Phi) is 5.99. The van der Waals surface area contributed by atoms with Gasteiger partial charge in [0.25, 0.3) is 0 Å². The third-order valence-electron chi connectivity index (χ3n) is 6.01. The van der Waals surface area contributed by atoms with E-state index in [1.165, 1.54) is 0 Å². The van der Waals surface area contributed by atoms with E-state index < -0.39 is 17.4 Å². The Morgan fingerprint density at radius 1 is 1.31 bits per heavy atom. The lowest BCUT2D eigenvalue weighted by Gasteiger charge is -2.39. The van der Waals surface area contributed by atoms with Gasteiger partial charge in [0, 0.05) is 17.4 Å². The van der Waals surface area contributed by atoms with Crippen LogP contribution in [0, 0.1) is 5.92 Å². The number of carboxylic acids is 1. The molecule has 2 heterocycles. The van der Waals surface area contributed by atoms with E-state index in [1.807, 2.05) is 18.7 Å². The van der Waals surface area contributed by atoms with Gasteiger partial charge in [-0.3, -0.25) is 9.59 Å². The van der Waals surface area contributed by atoms with Crippen LogP contribution in [-0.4, -0.2) is 51.6 Å². The highest BCUT2D eigenvalue weighted by Crippen LogP contribution is 2.35. The fourth-order valence-corrected chi connectivity index (χ4v) is 6.08. The average molecular weight is 384 g/mol. The molecule has 146 valence electrons. The number of fused-ring (bicyclic) bond motifs is 1. The molecule has 3 amide bonds. The topological polar surface area (TPSA) is 108 Å². The smallest absolute Gasteiger partial charge is 0.315 e. The molecular weight excluding hydrogens is 354 g/mol. The summed E-state index contributed by atoms with van der Waals surface area (Å²) >= 11 is 1.88. The van der Waals surface area contributed by atoms with Crippen molar-refractivity contribution in [1.29, 1.82) is 0 Å². The normalized spacial score (nSPS) is 36.1. The van der Waals surface area contributed by atoms with Crippen LogP contribution in [0.1, 0.15) is 58.3 Å². The number of hydrogen-bond acceptors (Lipinski definition) is 4. The molecule has 0 radical (unpaired) electrons. The quantitative estimate of drug-likeness (QED) is 0.396. The van der Waals surface area contributed by atoms with Gasteiger partial charge in [0.15, 0.2) is 0 Å². The van der Waals surface area contributed by atoms with E-state index in [-0.39, 0.29) is 24.0 Å². The standard InChI is InChI=1S/C18H29N3O4S/c1-18(9-5-4-6-11(18)16(23)24)21-14(22)8-3-2-7-13-15-12(10-26-13)19-17(25)20-15/h11-13,15H,2-10H2,1H3,(H,21,22)(H,23,24)(H2,19,20,25)/t11?,12-,13-,15-,18?/m0/s1. The van der Waals surface area contributed by atoms with E-state index in [4.69, 9.17) is 0 Å². The summed E-state index contributed by atoms with van der Waals surface area (Å²) in [4.78, 5) is 35.2. The van der Waals surface area contributed by atoms with Crippen LogP contribution in [-0.2, 0) is 9.59 Å². The Morgan fingerprint density at radius 2 is 2.12 bits per heavy atom. The van der Waals surface area contributed by atoms with Crippen LogP contribution < -0.4 is 16.0 Å². The second-order valence-electron chi connectivity index (χ2n) is 7.97. The largest absolute Gasteiger partial charge is 0.481 e. The molecule has 0 spiro atoms. The van der Waals surface area contributed by atoms with Crippen molar-refractivity contribution >= 4 is 29.7 Å². The van der Waals surface area contributed by atoms with E-state index in [1.54, 1.807) is 0 Å². The highest BCUT2D eigenvalue weighted by molar-refractivity contribution is 8.00. The van der Waals surface area contributed by atoms with E-state index in [2.05, 4.69) is 16.0 Å². The van der Waals surface area contributed by atoms with Crippen molar-refractivity contribution in [2.75, 3.05) is 5.75 Å². The first kappa shape index (κ1) is 19.3. The molecule has 0 aromatic carbocycles. The van der Waals surface area contributed by atoms with E-state index in [0.717, 1.165) is 44.3 Å². The van der Waals surface area contributed by atoms with Crippen LogP contribution in [0.15, 0.2) is 0 Å². The van der Waals surface area contributed by atoms with Gasteiger partial charge in [-0.05, 0) is 32.6 Å². The molecule has 1 aliphatic carbocycles. The number of amides is 3. The Balaban J connectivity index is 1.39. The van der Waals surface area contributed by atoms with E-state index in [9.17, 15) is 19.5 Å². The van der Waals surface area contributed by atoms with Crippen LogP contribution in [0.3, 0.4) is 0 Å². The van der Waals surface area contributed by atoms with E-state index in [0.29, 0.717) is 18.1 Å². The van der Waals surface area contributed by atoms with Crippen molar-refractivity contribution in [2.45, 2.75) is 81.2 Å². The number of rotatable bonds is 7. The first-order valence-corrected chi connectivity index (χ1v) is 10.7. The predicted octanol–water partition coefficient (Wildman–Crippen LogP) is 1.86.